The van der Waals surface area contributed by atoms with Crippen LogP contribution in [0.4, 0.5) is 34.3 Å². The molecule has 1 aliphatic carbocycles. The van der Waals surface area contributed by atoms with Gasteiger partial charge in [-0.05, 0) is 110 Å². The Morgan fingerprint density at radius 2 is 1.26 bits per heavy atom. The molecular formula is C71H69N4OPt-3. The second-order valence-corrected chi connectivity index (χ2v) is 23.3. The van der Waals surface area contributed by atoms with Crippen LogP contribution in [0.1, 0.15) is 126 Å². The van der Waals surface area contributed by atoms with E-state index in [4.69, 9.17) is 18.4 Å². The fraction of sp³-hybridized carbons (Fsp3) is 0.239. The summed E-state index contributed by atoms with van der Waals surface area (Å²) in [5, 5.41) is 3.10. The number of ether oxygens (including phenoxy) is 1. The third-order valence-corrected chi connectivity index (χ3v) is 15.0. The Balaban J connectivity index is 0.00000873. The fourth-order valence-electron chi connectivity index (χ4n) is 10.4. The Labute approximate surface area is 489 Å². The molecule has 1 aromatic heterocycles. The van der Waals surface area contributed by atoms with Crippen molar-refractivity contribution in [2.45, 2.75) is 111 Å². The minimum atomic E-state index is -2.56. The van der Waals surface area contributed by atoms with E-state index in [1.54, 1.807) is 30.3 Å². The Morgan fingerprint density at radius 1 is 0.610 bits per heavy atom. The molecule has 0 bridgehead atoms. The van der Waals surface area contributed by atoms with Crippen molar-refractivity contribution < 1.29 is 42.3 Å². The molecule has 0 amide bonds. The van der Waals surface area contributed by atoms with Gasteiger partial charge >= 0.3 is 0 Å². The summed E-state index contributed by atoms with van der Waals surface area (Å²) in [6.45, 7) is 21.3. The number of aryl methyl sites for hydroxylation is 1. The summed E-state index contributed by atoms with van der Waals surface area (Å²) in [6, 6.07) is 41.0. The molecule has 0 radical (unpaired) electrons. The van der Waals surface area contributed by atoms with Crippen LogP contribution in [0.2, 0.25) is 0 Å². The molecule has 1 N–H and O–H groups in total. The van der Waals surface area contributed by atoms with Crippen molar-refractivity contribution in [2.75, 3.05) is 15.1 Å². The SMILES string of the molecule is [2H]c1c([2H])c([2H])c(-c2cccc(-c3cc(C(C)(C)C)cc(C(C)(C)C)c3)c2N2[CH-]N(c3[c-]c(Oc4[c-]cc(-c5c([2H])c([2H])c([2H])c([2H])c5Nc5cc(C([2H])([2H])[2H])c(-c6ccc7c(c6)C(C)(C)CCC7(C)C)cn5)cc4)ccc3)c3ccccc32)c([2H])c1[2H].[Pt]. The van der Waals surface area contributed by atoms with E-state index in [2.05, 4.69) is 122 Å². The van der Waals surface area contributed by atoms with Crippen LogP contribution in [-0.2, 0) is 42.7 Å². The van der Waals surface area contributed by atoms with Crippen molar-refractivity contribution in [3.05, 3.63) is 229 Å². The van der Waals surface area contributed by atoms with Gasteiger partial charge in [0.05, 0.1) is 12.3 Å². The maximum Gasteiger partial charge on any atom is 0.130 e. The molecule has 0 saturated heterocycles. The largest absolute Gasteiger partial charge is 0.509 e. The van der Waals surface area contributed by atoms with Crippen molar-refractivity contribution in [1.29, 1.82) is 0 Å². The molecule has 6 heteroatoms. The number of anilines is 6. The summed E-state index contributed by atoms with van der Waals surface area (Å²) in [5.74, 6) is 0.685. The second-order valence-electron chi connectivity index (χ2n) is 23.3. The number of hydrogen-bond acceptors (Lipinski definition) is 5. The van der Waals surface area contributed by atoms with Crippen LogP contribution in [0, 0.1) is 25.7 Å². The number of para-hydroxylation sites is 4. The first-order chi connectivity index (χ1) is 41.2. The molecule has 0 unspecified atom stereocenters. The van der Waals surface area contributed by atoms with Crippen molar-refractivity contribution in [3.63, 3.8) is 0 Å². The molecule has 0 spiro atoms. The molecule has 392 valence electrons. The van der Waals surface area contributed by atoms with Crippen molar-refractivity contribution in [3.8, 4) is 56.0 Å². The average molecular weight is 1200 g/mol. The van der Waals surface area contributed by atoms with Gasteiger partial charge in [-0.25, -0.2) is 4.98 Å². The van der Waals surface area contributed by atoms with E-state index in [9.17, 15) is 2.74 Å². The van der Waals surface area contributed by atoms with Gasteiger partial charge in [-0.2, -0.15) is 18.2 Å². The monoisotopic (exact) mass is 1200 g/mol. The van der Waals surface area contributed by atoms with Gasteiger partial charge in [-0.15, -0.1) is 48.3 Å². The number of nitrogens with zero attached hydrogens (tertiary/aromatic N) is 3. The Bertz CT molecular complexity index is 4220. The Kier molecular flexibility index (Phi) is 10.7. The van der Waals surface area contributed by atoms with Crippen LogP contribution >= 0.6 is 0 Å². The van der Waals surface area contributed by atoms with E-state index in [0.29, 0.717) is 33.8 Å². The first kappa shape index (κ1) is 40.1. The van der Waals surface area contributed by atoms with Gasteiger partial charge in [-0.1, -0.05) is 190 Å². The number of fused-ring (bicyclic) bond motifs is 2. The van der Waals surface area contributed by atoms with E-state index >= 15 is 0 Å². The van der Waals surface area contributed by atoms with Gasteiger partial charge in [0.2, 0.25) is 0 Å². The maximum atomic E-state index is 9.23. The van der Waals surface area contributed by atoms with Gasteiger partial charge in [0.25, 0.3) is 0 Å². The molecule has 5 nitrogen and oxygen atoms in total. The van der Waals surface area contributed by atoms with E-state index in [1.165, 1.54) is 23.4 Å². The van der Waals surface area contributed by atoms with E-state index in [-0.39, 0.29) is 101 Å². The van der Waals surface area contributed by atoms with E-state index < -0.39 is 37.1 Å². The summed E-state index contributed by atoms with van der Waals surface area (Å²) >= 11 is 0. The Morgan fingerprint density at radius 3 is 1.95 bits per heavy atom. The summed E-state index contributed by atoms with van der Waals surface area (Å²) < 4.78 is 112. The van der Waals surface area contributed by atoms with Crippen LogP contribution in [0.3, 0.4) is 0 Å². The molecule has 2 heterocycles. The smallest absolute Gasteiger partial charge is 0.130 e. The first-order valence-corrected chi connectivity index (χ1v) is 25.9. The van der Waals surface area contributed by atoms with Crippen LogP contribution in [0.5, 0.6) is 11.5 Å². The molecule has 9 aromatic rings. The number of aromatic nitrogens is 1. The van der Waals surface area contributed by atoms with Crippen LogP contribution in [0.25, 0.3) is 44.5 Å². The number of hydrogen-bond donors (Lipinski definition) is 1. The fourth-order valence-corrected chi connectivity index (χ4v) is 10.4. The predicted octanol–water partition coefficient (Wildman–Crippen LogP) is 19.5. The van der Waals surface area contributed by atoms with E-state index in [1.807, 2.05) is 71.1 Å². The van der Waals surface area contributed by atoms with Crippen molar-refractivity contribution >= 4 is 34.3 Å². The van der Waals surface area contributed by atoms with Crippen molar-refractivity contribution in [2.24, 2.45) is 0 Å². The van der Waals surface area contributed by atoms with Gasteiger partial charge in [0, 0.05) is 82.3 Å². The summed E-state index contributed by atoms with van der Waals surface area (Å²) in [4.78, 5) is 8.63. The third-order valence-electron chi connectivity index (χ3n) is 15.0. The molecule has 2 aliphatic rings. The third kappa shape index (κ3) is 10.6. The number of rotatable bonds is 10. The number of pyridine rings is 1. The number of benzene rings is 8. The molecule has 1 aliphatic heterocycles. The molecule has 0 saturated carbocycles. The quantitative estimate of drug-likeness (QED) is 0.138. The average Bonchev–Trinajstić information content (AvgIpc) is 1.78. The first-order valence-electron chi connectivity index (χ1n) is 31.9. The van der Waals surface area contributed by atoms with Gasteiger partial charge in [-0.3, -0.25) is 0 Å². The molecule has 0 fully saturated rings. The standard InChI is InChI=1S/C71H69N4O.Pt/c1-47-39-66(72-45-60(47)50-33-36-61-62(42-50)71(10,11)38-37-70(61,8)9)73-63-28-16-15-25-57(63)49-31-34-55(35-32-49)76-56-24-19-23-54(44-56)74-46-75(65-30-18-17-29-64(65)74)67-58(48-21-13-12-14-22-48)26-20-27-59(67)51-40-52(68(2,3)4)43-53(41-51)69(5,6)7;/h12-34,36,39-43,45-46H,37-38H2,1-11H3,(H,72,73);/q-3;/i1D3,12D,13D,14D,15D,16D,21D,22D,25D,28D;. The molecule has 11 rings (SSSR count). The van der Waals surface area contributed by atoms with Gasteiger partial charge < -0.3 is 19.9 Å². The summed E-state index contributed by atoms with van der Waals surface area (Å²) in [7, 11) is 0. The molecular weight excluding hydrogens is 1120 g/mol. The predicted molar refractivity (Wildman–Crippen MR) is 319 cm³/mol. The van der Waals surface area contributed by atoms with Crippen molar-refractivity contribution in [1.82, 2.24) is 4.98 Å². The van der Waals surface area contributed by atoms with E-state index in [0.717, 1.165) is 52.0 Å². The van der Waals surface area contributed by atoms with Crippen LogP contribution < -0.4 is 19.9 Å². The zero-order valence-electron chi connectivity index (χ0n) is 57.2. The summed E-state index contributed by atoms with van der Waals surface area (Å²) in [5.41, 5.74) is 10.6. The zero-order chi connectivity index (χ0) is 63.5. The normalized spacial score (nSPS) is 17.0. The minimum absolute atomic E-state index is 0. The zero-order valence-corrected chi connectivity index (χ0v) is 47.5. The molecule has 77 heavy (non-hydrogen) atoms. The topological polar surface area (TPSA) is 40.6 Å². The van der Waals surface area contributed by atoms with Crippen LogP contribution in [-0.4, -0.2) is 4.98 Å². The molecule has 8 aromatic carbocycles. The van der Waals surface area contributed by atoms with Gasteiger partial charge in [0.15, 0.2) is 0 Å². The van der Waals surface area contributed by atoms with Gasteiger partial charge in [0.1, 0.15) is 5.82 Å². The van der Waals surface area contributed by atoms with Crippen LogP contribution in [0.15, 0.2) is 182 Å². The molecule has 0 atom stereocenters. The maximum absolute atomic E-state index is 9.23. The number of nitrogens with one attached hydrogen (secondary N) is 1. The minimum Gasteiger partial charge on any atom is -0.509 e. The Hall–Kier alpha value is -7.20. The second kappa shape index (κ2) is 20.6. The summed E-state index contributed by atoms with van der Waals surface area (Å²) in [6.07, 6.45) is 3.53.